The molecule has 0 aromatic heterocycles. The van der Waals surface area contributed by atoms with Crippen LogP contribution < -0.4 is 0 Å². The van der Waals surface area contributed by atoms with E-state index in [2.05, 4.69) is 6.92 Å². The quantitative estimate of drug-likeness (QED) is 0.484. The Balaban J connectivity index is 1.74. The van der Waals surface area contributed by atoms with Crippen LogP contribution in [0.5, 0.6) is 0 Å². The Morgan fingerprint density at radius 2 is 1.65 bits per heavy atom. The van der Waals surface area contributed by atoms with Gasteiger partial charge in [-0.05, 0) is 65.8 Å². The van der Waals surface area contributed by atoms with E-state index in [-0.39, 0.29) is 60.8 Å². The molecule has 0 aromatic rings. The second-order valence-corrected chi connectivity index (χ2v) is 13.9. The van der Waals surface area contributed by atoms with Crippen LogP contribution in [0.1, 0.15) is 93.4 Å². The van der Waals surface area contributed by atoms with Crippen LogP contribution in [0.4, 0.5) is 0 Å². The Hall–Kier alpha value is -1.86. The SMILES string of the molecule is C[C@H](CC(=O)C[C@H](C)[C@@H]1CC(=O)[C@]2(C)C3=C(C(=O)C[C@]12C)[C@]1(C)CC[C@H](O)C(C)(C)[C@H]1C[C@H]3O)C(=O)O. The van der Waals surface area contributed by atoms with Crippen molar-refractivity contribution in [2.75, 3.05) is 0 Å². The Kier molecular flexibility index (Phi) is 6.72. The van der Waals surface area contributed by atoms with Gasteiger partial charge in [0, 0.05) is 31.3 Å². The first kappa shape index (κ1) is 28.2. The zero-order valence-electron chi connectivity index (χ0n) is 23.4. The van der Waals surface area contributed by atoms with Crippen LogP contribution in [0.15, 0.2) is 11.1 Å². The number of aliphatic hydroxyl groups excluding tert-OH is 2. The zero-order chi connectivity index (χ0) is 27.9. The number of fused-ring (bicyclic) bond motifs is 4. The number of allylic oxidation sites excluding steroid dienone is 1. The number of carboxylic acid groups (broad SMARTS) is 1. The van der Waals surface area contributed by atoms with E-state index in [1.807, 2.05) is 34.6 Å². The molecular weight excluding hydrogens is 472 g/mol. The number of rotatable bonds is 6. The van der Waals surface area contributed by atoms with Crippen LogP contribution in [0, 0.1) is 45.3 Å². The normalized spacial score (nSPS) is 42.5. The van der Waals surface area contributed by atoms with E-state index in [1.165, 1.54) is 6.92 Å². The molecule has 0 amide bonds. The molecular formula is C30H44O7. The average Bonchev–Trinajstić information content (AvgIpc) is 2.99. The summed E-state index contributed by atoms with van der Waals surface area (Å²) in [5.41, 5.74) is -1.55. The van der Waals surface area contributed by atoms with Crippen molar-refractivity contribution in [3.8, 4) is 0 Å². The van der Waals surface area contributed by atoms with Crippen LogP contribution in [0.2, 0.25) is 0 Å². The summed E-state index contributed by atoms with van der Waals surface area (Å²) in [6, 6.07) is 0. The van der Waals surface area contributed by atoms with Gasteiger partial charge < -0.3 is 15.3 Å². The molecule has 3 N–H and O–H groups in total. The molecule has 0 radical (unpaired) electrons. The molecule has 0 aromatic carbocycles. The Labute approximate surface area is 220 Å². The van der Waals surface area contributed by atoms with Crippen LogP contribution in [0.25, 0.3) is 0 Å². The fourth-order valence-electron chi connectivity index (χ4n) is 9.12. The maximum atomic E-state index is 14.1. The molecule has 0 bridgehead atoms. The molecule has 7 nitrogen and oxygen atoms in total. The first-order valence-corrected chi connectivity index (χ1v) is 13.8. The lowest BCUT2D eigenvalue weighted by Gasteiger charge is -2.61. The van der Waals surface area contributed by atoms with E-state index in [0.717, 1.165) is 0 Å². The highest BCUT2D eigenvalue weighted by Gasteiger charge is 2.70. The smallest absolute Gasteiger partial charge is 0.306 e. The lowest BCUT2D eigenvalue weighted by molar-refractivity contribution is -0.144. The van der Waals surface area contributed by atoms with Crippen LogP contribution in [-0.4, -0.2) is 50.8 Å². The van der Waals surface area contributed by atoms with E-state index >= 15 is 0 Å². The average molecular weight is 517 g/mol. The third-order valence-corrected chi connectivity index (χ3v) is 11.6. The predicted octanol–water partition coefficient (Wildman–Crippen LogP) is 4.13. The minimum absolute atomic E-state index is 0.00871. The first-order chi connectivity index (χ1) is 16.9. The van der Waals surface area contributed by atoms with Crippen molar-refractivity contribution in [3.63, 3.8) is 0 Å². The number of ketones is 3. The van der Waals surface area contributed by atoms with Gasteiger partial charge in [0.05, 0.1) is 23.5 Å². The minimum atomic E-state index is -1.01. The number of carbonyl (C=O) groups is 4. The third-order valence-electron chi connectivity index (χ3n) is 11.6. The van der Waals surface area contributed by atoms with Gasteiger partial charge in [-0.25, -0.2) is 0 Å². The molecule has 2 fully saturated rings. The van der Waals surface area contributed by atoms with Crippen molar-refractivity contribution in [2.45, 2.75) is 106 Å². The second-order valence-electron chi connectivity index (χ2n) is 13.9. The summed E-state index contributed by atoms with van der Waals surface area (Å²) in [7, 11) is 0. The van der Waals surface area contributed by atoms with Gasteiger partial charge in [0.2, 0.25) is 0 Å². The summed E-state index contributed by atoms with van der Waals surface area (Å²) in [5.74, 6) is -2.45. The highest BCUT2D eigenvalue weighted by atomic mass is 16.4. The number of aliphatic carboxylic acids is 1. The van der Waals surface area contributed by atoms with Crippen molar-refractivity contribution in [3.05, 3.63) is 11.1 Å². The summed E-state index contributed by atoms with van der Waals surface area (Å²) in [6.07, 6.45) is 0.671. The van der Waals surface area contributed by atoms with Gasteiger partial charge in [-0.1, -0.05) is 41.5 Å². The molecule has 7 heteroatoms. The lowest BCUT2D eigenvalue weighted by atomic mass is 9.42. The number of aliphatic hydroxyl groups is 2. The molecule has 0 unspecified atom stereocenters. The monoisotopic (exact) mass is 516 g/mol. The van der Waals surface area contributed by atoms with Gasteiger partial charge in [0.15, 0.2) is 5.78 Å². The number of hydrogen-bond acceptors (Lipinski definition) is 6. The van der Waals surface area contributed by atoms with Crippen LogP contribution >= 0.6 is 0 Å². The van der Waals surface area contributed by atoms with Crippen molar-refractivity contribution in [1.82, 2.24) is 0 Å². The highest BCUT2D eigenvalue weighted by Crippen LogP contribution is 2.70. The summed E-state index contributed by atoms with van der Waals surface area (Å²) < 4.78 is 0. The van der Waals surface area contributed by atoms with E-state index in [4.69, 9.17) is 0 Å². The van der Waals surface area contributed by atoms with Gasteiger partial charge >= 0.3 is 5.97 Å². The summed E-state index contributed by atoms with van der Waals surface area (Å²) in [6.45, 7) is 13.4. The second kappa shape index (κ2) is 8.84. The number of hydrogen-bond donors (Lipinski definition) is 3. The molecule has 4 rings (SSSR count). The maximum absolute atomic E-state index is 14.1. The fraction of sp³-hybridized carbons (Fsp3) is 0.800. The summed E-state index contributed by atoms with van der Waals surface area (Å²) >= 11 is 0. The van der Waals surface area contributed by atoms with E-state index in [9.17, 15) is 34.5 Å². The van der Waals surface area contributed by atoms with Crippen molar-refractivity contribution in [2.24, 2.45) is 45.3 Å². The van der Waals surface area contributed by atoms with E-state index < -0.39 is 45.8 Å². The molecule has 0 spiro atoms. The van der Waals surface area contributed by atoms with Crippen LogP contribution in [-0.2, 0) is 19.2 Å². The molecule has 37 heavy (non-hydrogen) atoms. The molecule has 4 aliphatic rings. The summed E-state index contributed by atoms with van der Waals surface area (Å²) in [4.78, 5) is 51.9. The Morgan fingerprint density at radius 3 is 2.24 bits per heavy atom. The first-order valence-electron chi connectivity index (χ1n) is 13.8. The Bertz CT molecular complexity index is 1070. The molecule has 0 saturated heterocycles. The van der Waals surface area contributed by atoms with Crippen molar-refractivity contribution in [1.29, 1.82) is 0 Å². The topological polar surface area (TPSA) is 129 Å². The Morgan fingerprint density at radius 1 is 1.03 bits per heavy atom. The number of carboxylic acids is 1. The highest BCUT2D eigenvalue weighted by molar-refractivity contribution is 6.05. The standard InChI is InChI=1S/C30H44O7/c1-15(10-17(31)11-16(2)26(36)37)18-12-23(35)30(7)25-19(32)13-21-27(3,4)22(34)8-9-28(21,5)24(25)20(33)14-29(18,30)6/h15-16,18-19,21-22,32,34H,8-14H2,1-7H3,(H,36,37)/t15-,16+,18-,19+,21+,22-,28+,29+,30+/m0/s1. The molecule has 0 heterocycles. The lowest BCUT2D eigenvalue weighted by Crippen LogP contribution is -2.60. The van der Waals surface area contributed by atoms with Crippen molar-refractivity contribution >= 4 is 23.3 Å². The van der Waals surface area contributed by atoms with Gasteiger partial charge in [-0.3, -0.25) is 19.2 Å². The predicted molar refractivity (Wildman–Crippen MR) is 137 cm³/mol. The van der Waals surface area contributed by atoms with E-state index in [0.29, 0.717) is 30.4 Å². The molecule has 206 valence electrons. The van der Waals surface area contributed by atoms with E-state index in [1.54, 1.807) is 0 Å². The zero-order valence-corrected chi connectivity index (χ0v) is 23.4. The number of Topliss-reactive ketones (excluding diaryl/α,β-unsaturated/α-hetero) is 3. The fourth-order valence-corrected chi connectivity index (χ4v) is 9.12. The molecule has 4 aliphatic carbocycles. The van der Waals surface area contributed by atoms with Gasteiger partial charge in [-0.2, -0.15) is 0 Å². The minimum Gasteiger partial charge on any atom is -0.481 e. The van der Waals surface area contributed by atoms with Crippen LogP contribution in [0.3, 0.4) is 0 Å². The molecule has 9 atom stereocenters. The van der Waals surface area contributed by atoms with Crippen molar-refractivity contribution < 1.29 is 34.5 Å². The van der Waals surface area contributed by atoms with Gasteiger partial charge in [-0.15, -0.1) is 0 Å². The summed E-state index contributed by atoms with van der Waals surface area (Å²) in [5, 5.41) is 31.6. The molecule has 2 saturated carbocycles. The maximum Gasteiger partial charge on any atom is 0.306 e. The third kappa shape index (κ3) is 3.82. The van der Waals surface area contributed by atoms with Gasteiger partial charge in [0.1, 0.15) is 11.6 Å². The largest absolute Gasteiger partial charge is 0.481 e. The molecule has 0 aliphatic heterocycles. The number of carbonyl (C=O) groups excluding carboxylic acids is 3. The van der Waals surface area contributed by atoms with Gasteiger partial charge in [0.25, 0.3) is 0 Å².